The van der Waals surface area contributed by atoms with Crippen molar-refractivity contribution in [3.63, 3.8) is 0 Å². The van der Waals surface area contributed by atoms with E-state index in [-0.39, 0.29) is 29.6 Å². The number of Topliss-reactive ketones (excluding diaryl/α,β-unsaturated/α-hetero) is 1. The Bertz CT molecular complexity index is 568. The maximum Gasteiger partial charge on any atom is 0.257 e. The van der Waals surface area contributed by atoms with Crippen molar-refractivity contribution in [2.75, 3.05) is 13.2 Å². The zero-order chi connectivity index (χ0) is 17.4. The Morgan fingerprint density at radius 2 is 2.00 bits per heavy atom. The summed E-state index contributed by atoms with van der Waals surface area (Å²) < 4.78 is 18.5. The minimum atomic E-state index is -0.500. The molecule has 1 fully saturated rings. The maximum absolute atomic E-state index is 13.2. The van der Waals surface area contributed by atoms with Gasteiger partial charge < -0.3 is 10.1 Å². The molecule has 0 unspecified atom stereocenters. The molecule has 132 valence electrons. The van der Waals surface area contributed by atoms with Crippen molar-refractivity contribution >= 4 is 11.7 Å². The second-order valence-corrected chi connectivity index (χ2v) is 6.48. The van der Waals surface area contributed by atoms with Gasteiger partial charge in [-0.2, -0.15) is 0 Å². The third kappa shape index (κ3) is 5.95. The first-order chi connectivity index (χ1) is 11.6. The number of carbonyl (C=O) groups is 2. The molecule has 2 rings (SSSR count). The molecule has 0 bridgehead atoms. The Kier molecular flexibility index (Phi) is 7.22. The monoisotopic (exact) mass is 335 g/mol. The van der Waals surface area contributed by atoms with Gasteiger partial charge in [-0.15, -0.1) is 0 Å². The number of halogens is 1. The number of rotatable bonds is 8. The van der Waals surface area contributed by atoms with Gasteiger partial charge in [0.15, 0.2) is 12.4 Å². The molecular weight excluding hydrogens is 309 g/mol. The van der Waals surface area contributed by atoms with Crippen molar-refractivity contribution < 1.29 is 18.7 Å². The van der Waals surface area contributed by atoms with Crippen LogP contribution in [0.25, 0.3) is 0 Å². The molecule has 1 N–H and O–H groups in total. The van der Waals surface area contributed by atoms with E-state index in [9.17, 15) is 14.0 Å². The van der Waals surface area contributed by atoms with Crippen LogP contribution in [0.2, 0.25) is 0 Å². The van der Waals surface area contributed by atoms with Gasteiger partial charge in [0.2, 0.25) is 0 Å². The smallest absolute Gasteiger partial charge is 0.257 e. The normalized spacial score (nSPS) is 15.1. The molecule has 24 heavy (non-hydrogen) atoms. The highest BCUT2D eigenvalue weighted by Crippen LogP contribution is 2.27. The number of hydrogen-bond acceptors (Lipinski definition) is 3. The first-order valence-corrected chi connectivity index (χ1v) is 8.76. The minimum absolute atomic E-state index is 0.153. The highest BCUT2D eigenvalue weighted by molar-refractivity contribution is 5.96. The van der Waals surface area contributed by atoms with E-state index in [4.69, 9.17) is 4.74 Å². The fourth-order valence-electron chi connectivity index (χ4n) is 3.19. The van der Waals surface area contributed by atoms with Crippen LogP contribution in [0, 0.1) is 11.7 Å². The molecule has 0 spiro atoms. The molecule has 1 aliphatic carbocycles. The van der Waals surface area contributed by atoms with Gasteiger partial charge in [0.1, 0.15) is 11.6 Å². The van der Waals surface area contributed by atoms with Crippen LogP contribution in [-0.4, -0.2) is 24.8 Å². The molecule has 5 heteroatoms. The quantitative estimate of drug-likeness (QED) is 0.579. The SMILES string of the molecule is CC(=O)c1cc(F)ccc1OCC(=O)NCCCC1CCCCC1. The van der Waals surface area contributed by atoms with E-state index in [1.165, 1.54) is 51.2 Å². The number of ketones is 1. The third-order valence-electron chi connectivity index (χ3n) is 4.52. The number of benzene rings is 1. The van der Waals surface area contributed by atoms with Crippen LogP contribution in [0.15, 0.2) is 18.2 Å². The molecule has 1 aromatic rings. The summed E-state index contributed by atoms with van der Waals surface area (Å²) in [6, 6.07) is 3.71. The average Bonchev–Trinajstić information content (AvgIpc) is 2.58. The predicted octanol–water partition coefficient (Wildman–Crippen LogP) is 3.88. The van der Waals surface area contributed by atoms with Gasteiger partial charge in [-0.25, -0.2) is 4.39 Å². The minimum Gasteiger partial charge on any atom is -0.483 e. The van der Waals surface area contributed by atoms with Crippen molar-refractivity contribution in [2.24, 2.45) is 5.92 Å². The van der Waals surface area contributed by atoms with Gasteiger partial charge in [-0.1, -0.05) is 32.1 Å². The lowest BCUT2D eigenvalue weighted by Crippen LogP contribution is -2.30. The van der Waals surface area contributed by atoms with Gasteiger partial charge in [0, 0.05) is 6.54 Å². The summed E-state index contributed by atoms with van der Waals surface area (Å²) in [5.74, 6) is 0.0278. The van der Waals surface area contributed by atoms with E-state index in [1.807, 2.05) is 0 Å². The van der Waals surface area contributed by atoms with Gasteiger partial charge in [-0.3, -0.25) is 9.59 Å². The van der Waals surface area contributed by atoms with Crippen LogP contribution in [0.5, 0.6) is 5.75 Å². The second kappa shape index (κ2) is 9.40. The van der Waals surface area contributed by atoms with Gasteiger partial charge in [0.25, 0.3) is 5.91 Å². The Hall–Kier alpha value is -1.91. The molecule has 1 aromatic carbocycles. The van der Waals surface area contributed by atoms with E-state index < -0.39 is 5.82 Å². The summed E-state index contributed by atoms with van der Waals surface area (Å²) in [7, 11) is 0. The van der Waals surface area contributed by atoms with Crippen LogP contribution in [0.3, 0.4) is 0 Å². The second-order valence-electron chi connectivity index (χ2n) is 6.48. The van der Waals surface area contributed by atoms with E-state index in [0.29, 0.717) is 6.54 Å². The lowest BCUT2D eigenvalue weighted by atomic mass is 9.86. The topological polar surface area (TPSA) is 55.4 Å². The van der Waals surface area contributed by atoms with Crippen molar-refractivity contribution in [1.29, 1.82) is 0 Å². The van der Waals surface area contributed by atoms with Crippen LogP contribution < -0.4 is 10.1 Å². The fourth-order valence-corrected chi connectivity index (χ4v) is 3.19. The number of nitrogens with one attached hydrogen (secondary N) is 1. The van der Waals surface area contributed by atoms with Crippen LogP contribution >= 0.6 is 0 Å². The Morgan fingerprint density at radius 3 is 2.71 bits per heavy atom. The zero-order valence-electron chi connectivity index (χ0n) is 14.3. The molecule has 1 aliphatic rings. The number of hydrogen-bond donors (Lipinski definition) is 1. The Morgan fingerprint density at radius 1 is 1.25 bits per heavy atom. The molecule has 0 aliphatic heterocycles. The van der Waals surface area contributed by atoms with Crippen molar-refractivity contribution in [2.45, 2.75) is 51.9 Å². The highest BCUT2D eigenvalue weighted by atomic mass is 19.1. The predicted molar refractivity (Wildman–Crippen MR) is 90.7 cm³/mol. The first kappa shape index (κ1) is 18.4. The maximum atomic E-state index is 13.2. The summed E-state index contributed by atoms with van der Waals surface area (Å²) in [6.45, 7) is 1.81. The number of ether oxygens (including phenoxy) is 1. The lowest BCUT2D eigenvalue weighted by molar-refractivity contribution is -0.123. The molecule has 0 heterocycles. The Labute approximate surface area is 142 Å². The van der Waals surface area contributed by atoms with E-state index in [2.05, 4.69) is 5.32 Å². The van der Waals surface area contributed by atoms with Gasteiger partial charge in [-0.05, 0) is 43.9 Å². The van der Waals surface area contributed by atoms with E-state index in [1.54, 1.807) is 0 Å². The summed E-state index contributed by atoms with van der Waals surface area (Å²) in [4.78, 5) is 23.3. The molecule has 1 saturated carbocycles. The summed E-state index contributed by atoms with van der Waals surface area (Å²) in [5, 5.41) is 2.83. The highest BCUT2D eigenvalue weighted by Gasteiger charge is 2.14. The van der Waals surface area contributed by atoms with Crippen molar-refractivity contribution in [3.05, 3.63) is 29.6 Å². The summed E-state index contributed by atoms with van der Waals surface area (Å²) >= 11 is 0. The first-order valence-electron chi connectivity index (χ1n) is 8.76. The standard InChI is InChI=1S/C19H26FNO3/c1-14(22)17-12-16(20)9-10-18(17)24-13-19(23)21-11-5-8-15-6-3-2-4-7-15/h9-10,12,15H,2-8,11,13H2,1H3,(H,21,23). The summed E-state index contributed by atoms with van der Waals surface area (Å²) in [6.07, 6.45) is 8.79. The summed E-state index contributed by atoms with van der Waals surface area (Å²) in [5.41, 5.74) is 0.153. The van der Waals surface area contributed by atoms with Gasteiger partial charge in [0.05, 0.1) is 5.56 Å². The Balaban J connectivity index is 1.68. The molecular formula is C19H26FNO3. The molecule has 1 amide bonds. The van der Waals surface area contributed by atoms with Crippen molar-refractivity contribution in [3.8, 4) is 5.75 Å². The molecule has 0 saturated heterocycles. The molecule has 4 nitrogen and oxygen atoms in total. The third-order valence-corrected chi connectivity index (χ3v) is 4.52. The number of amides is 1. The van der Waals surface area contributed by atoms with E-state index in [0.717, 1.165) is 24.8 Å². The number of carbonyl (C=O) groups excluding carboxylic acids is 2. The average molecular weight is 335 g/mol. The molecule has 0 atom stereocenters. The fraction of sp³-hybridized carbons (Fsp3) is 0.579. The zero-order valence-corrected chi connectivity index (χ0v) is 14.3. The van der Waals surface area contributed by atoms with Crippen LogP contribution in [0.1, 0.15) is 62.2 Å². The van der Waals surface area contributed by atoms with Crippen molar-refractivity contribution in [1.82, 2.24) is 5.32 Å². The van der Waals surface area contributed by atoms with E-state index >= 15 is 0 Å². The molecule has 0 radical (unpaired) electrons. The van der Waals surface area contributed by atoms with Crippen LogP contribution in [-0.2, 0) is 4.79 Å². The van der Waals surface area contributed by atoms with Gasteiger partial charge >= 0.3 is 0 Å². The van der Waals surface area contributed by atoms with Crippen LogP contribution in [0.4, 0.5) is 4.39 Å². The molecule has 0 aromatic heterocycles. The largest absolute Gasteiger partial charge is 0.483 e. The lowest BCUT2D eigenvalue weighted by Gasteiger charge is -2.21.